The van der Waals surface area contributed by atoms with Crippen LogP contribution in [-0.2, 0) is 21.2 Å². The SMILES string of the molecule is O=C(Cc1c(-c2ccc(Cl)c(S(=O)(=O)NC3CCCCC3)c2)[nH]c2ccccc12)Nc1nnn[nH]1. The Morgan fingerprint density at radius 2 is 1.91 bits per heavy atom. The van der Waals surface area contributed by atoms with Crippen LogP contribution in [0.25, 0.3) is 22.2 Å². The van der Waals surface area contributed by atoms with E-state index in [0.29, 0.717) is 11.3 Å². The first-order valence-corrected chi connectivity index (χ1v) is 13.2. The first-order valence-electron chi connectivity index (χ1n) is 11.4. The first kappa shape index (κ1) is 23.5. The second-order valence-corrected chi connectivity index (χ2v) is 10.7. The molecule has 0 saturated heterocycles. The highest BCUT2D eigenvalue weighted by Crippen LogP contribution is 2.34. The largest absolute Gasteiger partial charge is 0.354 e. The normalized spacial score (nSPS) is 14.9. The van der Waals surface area contributed by atoms with Crippen LogP contribution < -0.4 is 10.0 Å². The number of hydrogen-bond acceptors (Lipinski definition) is 6. The van der Waals surface area contributed by atoms with Gasteiger partial charge in [0, 0.05) is 16.9 Å². The number of H-pyrrole nitrogens is 2. The lowest BCUT2D eigenvalue weighted by Gasteiger charge is -2.23. The van der Waals surface area contributed by atoms with Crippen molar-refractivity contribution in [1.29, 1.82) is 0 Å². The second kappa shape index (κ2) is 9.76. The maximum atomic E-state index is 13.2. The number of anilines is 1. The number of para-hydroxylation sites is 1. The minimum absolute atomic E-state index is 0.0176. The van der Waals surface area contributed by atoms with Crippen molar-refractivity contribution in [3.63, 3.8) is 0 Å². The van der Waals surface area contributed by atoms with Crippen molar-refractivity contribution in [3.8, 4) is 11.3 Å². The van der Waals surface area contributed by atoms with Gasteiger partial charge in [0.05, 0.1) is 17.1 Å². The molecule has 0 atom stereocenters. The van der Waals surface area contributed by atoms with Gasteiger partial charge in [-0.3, -0.25) is 10.1 Å². The van der Waals surface area contributed by atoms with Gasteiger partial charge in [-0.1, -0.05) is 60.2 Å². The molecule has 4 N–H and O–H groups in total. The Labute approximate surface area is 206 Å². The fourth-order valence-electron chi connectivity index (χ4n) is 4.55. The van der Waals surface area contributed by atoms with E-state index in [2.05, 4.69) is 35.6 Å². The van der Waals surface area contributed by atoms with Crippen LogP contribution in [0.4, 0.5) is 5.95 Å². The van der Waals surface area contributed by atoms with E-state index in [0.717, 1.165) is 48.6 Å². The van der Waals surface area contributed by atoms with Crippen molar-refractivity contribution >= 4 is 44.4 Å². The summed E-state index contributed by atoms with van der Waals surface area (Å²) in [7, 11) is -3.82. The molecule has 0 radical (unpaired) electrons. The van der Waals surface area contributed by atoms with E-state index >= 15 is 0 Å². The summed E-state index contributed by atoms with van der Waals surface area (Å²) in [6.07, 6.45) is 4.79. The Morgan fingerprint density at radius 3 is 2.69 bits per heavy atom. The van der Waals surface area contributed by atoms with Crippen LogP contribution in [0, 0.1) is 0 Å². The summed E-state index contributed by atoms with van der Waals surface area (Å²) in [5.41, 5.74) is 2.80. The molecule has 0 bridgehead atoms. The lowest BCUT2D eigenvalue weighted by Crippen LogP contribution is -2.36. The van der Waals surface area contributed by atoms with Crippen LogP contribution in [0.1, 0.15) is 37.7 Å². The van der Waals surface area contributed by atoms with Crippen molar-refractivity contribution in [2.24, 2.45) is 0 Å². The van der Waals surface area contributed by atoms with Gasteiger partial charge < -0.3 is 4.98 Å². The standard InChI is InChI=1S/C23H24ClN7O3S/c24-18-11-10-14(12-20(18)35(33,34)29-15-6-2-1-3-7-15)22-17(16-8-4-5-9-19(16)25-22)13-21(32)26-23-27-30-31-28-23/h4-5,8-12,15,25,29H,1-3,6-7,13H2,(H2,26,27,28,30,31,32). The Morgan fingerprint density at radius 1 is 1.11 bits per heavy atom. The van der Waals surface area contributed by atoms with Crippen molar-refractivity contribution < 1.29 is 13.2 Å². The van der Waals surface area contributed by atoms with Crippen LogP contribution in [0.2, 0.25) is 5.02 Å². The van der Waals surface area contributed by atoms with Gasteiger partial charge in [-0.2, -0.15) is 0 Å². The maximum absolute atomic E-state index is 13.2. The quantitative estimate of drug-likeness (QED) is 0.296. The summed E-state index contributed by atoms with van der Waals surface area (Å²) in [4.78, 5) is 16.1. The topological polar surface area (TPSA) is 146 Å². The van der Waals surface area contributed by atoms with Crippen LogP contribution in [0.3, 0.4) is 0 Å². The van der Waals surface area contributed by atoms with Crippen LogP contribution in [0.5, 0.6) is 0 Å². The number of rotatable bonds is 7. The molecule has 2 heterocycles. The highest BCUT2D eigenvalue weighted by atomic mass is 35.5. The molecule has 0 spiro atoms. The number of benzene rings is 2. The number of halogens is 1. The van der Waals surface area contributed by atoms with Crippen molar-refractivity contribution in [3.05, 3.63) is 53.1 Å². The van der Waals surface area contributed by atoms with E-state index in [4.69, 9.17) is 11.6 Å². The molecule has 0 aliphatic heterocycles. The average Bonchev–Trinajstić information content (AvgIpc) is 3.48. The van der Waals surface area contributed by atoms with Crippen molar-refractivity contribution in [2.45, 2.75) is 49.5 Å². The number of tetrazole rings is 1. The number of carbonyl (C=O) groups is 1. The van der Waals surface area contributed by atoms with E-state index in [1.54, 1.807) is 18.2 Å². The van der Waals surface area contributed by atoms with Gasteiger partial charge >= 0.3 is 0 Å². The van der Waals surface area contributed by atoms with E-state index in [9.17, 15) is 13.2 Å². The third-order valence-corrected chi connectivity index (χ3v) is 8.19. The maximum Gasteiger partial charge on any atom is 0.246 e. The zero-order valence-corrected chi connectivity index (χ0v) is 20.3. The van der Waals surface area contributed by atoms with Gasteiger partial charge in [-0.25, -0.2) is 18.2 Å². The van der Waals surface area contributed by atoms with Gasteiger partial charge in [0.15, 0.2) is 0 Å². The number of carbonyl (C=O) groups excluding carboxylic acids is 1. The van der Waals surface area contributed by atoms with Gasteiger partial charge in [-0.15, -0.1) is 0 Å². The number of fused-ring (bicyclic) bond motifs is 1. The van der Waals surface area contributed by atoms with Crippen molar-refractivity contribution in [2.75, 3.05) is 5.32 Å². The van der Waals surface area contributed by atoms with E-state index in [1.807, 2.05) is 24.3 Å². The Kier molecular flexibility index (Phi) is 6.54. The van der Waals surface area contributed by atoms with Gasteiger partial charge in [0.25, 0.3) is 0 Å². The lowest BCUT2D eigenvalue weighted by molar-refractivity contribution is -0.115. The zero-order chi connectivity index (χ0) is 24.4. The number of amides is 1. The summed E-state index contributed by atoms with van der Waals surface area (Å²) >= 11 is 6.35. The molecule has 1 amide bonds. The average molecular weight is 514 g/mol. The molecule has 35 heavy (non-hydrogen) atoms. The Hall–Kier alpha value is -3.28. The molecule has 5 rings (SSSR count). The predicted molar refractivity (Wildman–Crippen MR) is 132 cm³/mol. The predicted octanol–water partition coefficient (Wildman–Crippen LogP) is 3.79. The highest BCUT2D eigenvalue weighted by Gasteiger charge is 2.25. The van der Waals surface area contributed by atoms with Crippen molar-refractivity contribution in [1.82, 2.24) is 30.3 Å². The highest BCUT2D eigenvalue weighted by molar-refractivity contribution is 7.89. The summed E-state index contributed by atoms with van der Waals surface area (Å²) in [6, 6.07) is 12.4. The number of aromatic amines is 2. The Balaban J connectivity index is 1.51. The summed E-state index contributed by atoms with van der Waals surface area (Å²) in [6.45, 7) is 0. The number of nitrogens with one attached hydrogen (secondary N) is 4. The minimum Gasteiger partial charge on any atom is -0.354 e. The molecule has 2 aromatic heterocycles. The molecule has 12 heteroatoms. The molecule has 1 aliphatic carbocycles. The molecule has 0 unspecified atom stereocenters. The lowest BCUT2D eigenvalue weighted by atomic mass is 9.96. The monoisotopic (exact) mass is 513 g/mol. The van der Waals surface area contributed by atoms with Crippen LogP contribution in [-0.4, -0.2) is 46.0 Å². The van der Waals surface area contributed by atoms with E-state index in [1.165, 1.54) is 0 Å². The van der Waals surface area contributed by atoms with Crippen LogP contribution in [0.15, 0.2) is 47.4 Å². The smallest absolute Gasteiger partial charge is 0.246 e. The summed E-state index contributed by atoms with van der Waals surface area (Å²) in [5, 5.41) is 16.7. The van der Waals surface area contributed by atoms with Crippen LogP contribution >= 0.6 is 11.6 Å². The first-order chi connectivity index (χ1) is 16.9. The number of hydrogen-bond donors (Lipinski definition) is 4. The molecule has 182 valence electrons. The minimum atomic E-state index is -3.82. The number of aromatic nitrogens is 5. The number of sulfonamides is 1. The molecule has 1 fully saturated rings. The third kappa shape index (κ3) is 5.07. The fraction of sp³-hybridized carbons (Fsp3) is 0.304. The Bertz CT molecular complexity index is 1460. The molecule has 4 aromatic rings. The van der Waals surface area contributed by atoms with Gasteiger partial charge in [0.2, 0.25) is 21.9 Å². The molecular formula is C23H24ClN7O3S. The third-order valence-electron chi connectivity index (χ3n) is 6.19. The van der Waals surface area contributed by atoms with E-state index in [-0.39, 0.29) is 34.2 Å². The van der Waals surface area contributed by atoms with Gasteiger partial charge in [0.1, 0.15) is 4.90 Å². The summed E-state index contributed by atoms with van der Waals surface area (Å²) < 4.78 is 29.3. The number of nitrogens with zero attached hydrogens (tertiary/aromatic N) is 3. The van der Waals surface area contributed by atoms with E-state index < -0.39 is 10.0 Å². The molecule has 1 aliphatic rings. The molecule has 10 nitrogen and oxygen atoms in total. The molecule has 2 aromatic carbocycles. The fourth-order valence-corrected chi connectivity index (χ4v) is 6.38. The summed E-state index contributed by atoms with van der Waals surface area (Å²) in [5.74, 6) is -0.180. The molecule has 1 saturated carbocycles. The molecular weight excluding hydrogens is 490 g/mol. The second-order valence-electron chi connectivity index (χ2n) is 8.60. The zero-order valence-electron chi connectivity index (χ0n) is 18.7. The van der Waals surface area contributed by atoms with Gasteiger partial charge in [-0.05, 0) is 52.6 Å².